The minimum absolute atomic E-state index is 0.00191. The molecular weight excluding hydrogens is 376 g/mol. The van der Waals surface area contributed by atoms with Crippen LogP contribution in [-0.4, -0.2) is 36.9 Å². The van der Waals surface area contributed by atoms with Gasteiger partial charge < -0.3 is 15.0 Å². The fourth-order valence-electron chi connectivity index (χ4n) is 2.83. The fraction of sp³-hybridized carbons (Fsp3) is 0.364. The highest BCUT2D eigenvalue weighted by molar-refractivity contribution is 6.30. The standard InChI is InChI=1S/C22H27ClN2O3/c1-5-15(2)20(24-21(26)17-8-10-18(23)11-9-17)22(27)25(3)14-16-6-12-19(28-4)13-7-16/h6-13,15,20H,5,14H2,1-4H3,(H,24,26)/t15-,20-/m0/s1. The number of methoxy groups -OCH3 is 1. The van der Waals surface area contributed by atoms with Crippen molar-refractivity contribution < 1.29 is 14.3 Å². The van der Waals surface area contributed by atoms with Gasteiger partial charge in [0.1, 0.15) is 11.8 Å². The summed E-state index contributed by atoms with van der Waals surface area (Å²) in [6, 6.07) is 13.6. The molecule has 0 saturated heterocycles. The molecule has 6 heteroatoms. The van der Waals surface area contributed by atoms with Crippen LogP contribution in [0.5, 0.6) is 5.75 Å². The van der Waals surface area contributed by atoms with Crippen molar-refractivity contribution in [2.75, 3.05) is 14.2 Å². The number of likely N-dealkylation sites (N-methyl/N-ethyl adjacent to an activating group) is 1. The molecule has 0 saturated carbocycles. The van der Waals surface area contributed by atoms with Crippen LogP contribution in [0.1, 0.15) is 36.2 Å². The number of nitrogens with one attached hydrogen (secondary N) is 1. The van der Waals surface area contributed by atoms with Gasteiger partial charge in [0, 0.05) is 24.2 Å². The SMILES string of the molecule is CC[C@H](C)[C@H](NC(=O)c1ccc(Cl)cc1)C(=O)N(C)Cc1ccc(OC)cc1. The Kier molecular flexibility index (Phi) is 7.88. The first-order chi connectivity index (χ1) is 13.3. The number of hydrogen-bond donors (Lipinski definition) is 1. The number of halogens is 1. The highest BCUT2D eigenvalue weighted by atomic mass is 35.5. The van der Waals surface area contributed by atoms with E-state index in [-0.39, 0.29) is 17.7 Å². The molecule has 2 amide bonds. The van der Waals surface area contributed by atoms with Crippen molar-refractivity contribution in [3.8, 4) is 5.75 Å². The Labute approximate surface area is 171 Å². The van der Waals surface area contributed by atoms with Crippen LogP contribution in [0.3, 0.4) is 0 Å². The maximum atomic E-state index is 13.1. The highest BCUT2D eigenvalue weighted by Gasteiger charge is 2.28. The lowest BCUT2D eigenvalue weighted by atomic mass is 9.97. The van der Waals surface area contributed by atoms with E-state index in [9.17, 15) is 9.59 Å². The smallest absolute Gasteiger partial charge is 0.251 e. The molecule has 0 spiro atoms. The van der Waals surface area contributed by atoms with Crippen molar-refractivity contribution in [3.63, 3.8) is 0 Å². The highest BCUT2D eigenvalue weighted by Crippen LogP contribution is 2.16. The van der Waals surface area contributed by atoms with E-state index in [4.69, 9.17) is 16.3 Å². The zero-order chi connectivity index (χ0) is 20.7. The normalized spacial score (nSPS) is 12.8. The maximum Gasteiger partial charge on any atom is 0.251 e. The molecule has 0 aromatic heterocycles. The van der Waals surface area contributed by atoms with Crippen molar-refractivity contribution in [1.82, 2.24) is 10.2 Å². The molecular formula is C22H27ClN2O3. The summed E-state index contributed by atoms with van der Waals surface area (Å²) in [5, 5.41) is 3.46. The van der Waals surface area contributed by atoms with E-state index >= 15 is 0 Å². The third kappa shape index (κ3) is 5.73. The molecule has 5 nitrogen and oxygen atoms in total. The summed E-state index contributed by atoms with van der Waals surface area (Å²) < 4.78 is 5.16. The van der Waals surface area contributed by atoms with Gasteiger partial charge in [0.15, 0.2) is 0 Å². The second-order valence-corrected chi connectivity index (χ2v) is 7.32. The number of nitrogens with zero attached hydrogens (tertiary/aromatic N) is 1. The van der Waals surface area contributed by atoms with Gasteiger partial charge in [0.2, 0.25) is 5.91 Å². The number of amides is 2. The summed E-state index contributed by atoms with van der Waals surface area (Å²) in [5.41, 5.74) is 1.46. The van der Waals surface area contributed by atoms with E-state index in [1.807, 2.05) is 38.1 Å². The van der Waals surface area contributed by atoms with Gasteiger partial charge in [-0.05, 0) is 47.9 Å². The van der Waals surface area contributed by atoms with Crippen LogP contribution >= 0.6 is 11.6 Å². The lowest BCUT2D eigenvalue weighted by molar-refractivity contribution is -0.133. The van der Waals surface area contributed by atoms with Gasteiger partial charge in [-0.25, -0.2) is 0 Å². The number of ether oxygens (including phenoxy) is 1. The van der Waals surface area contributed by atoms with E-state index in [2.05, 4.69) is 5.32 Å². The first-order valence-corrected chi connectivity index (χ1v) is 9.67. The largest absolute Gasteiger partial charge is 0.497 e. The fourth-order valence-corrected chi connectivity index (χ4v) is 2.96. The zero-order valence-electron chi connectivity index (χ0n) is 16.7. The van der Waals surface area contributed by atoms with Crippen molar-refractivity contribution in [3.05, 3.63) is 64.7 Å². The van der Waals surface area contributed by atoms with Gasteiger partial charge in [-0.15, -0.1) is 0 Å². The minimum atomic E-state index is -0.601. The zero-order valence-corrected chi connectivity index (χ0v) is 17.5. The number of rotatable bonds is 8. The number of carbonyl (C=O) groups is 2. The number of hydrogen-bond acceptors (Lipinski definition) is 3. The number of carbonyl (C=O) groups excluding carboxylic acids is 2. The van der Waals surface area contributed by atoms with E-state index in [1.165, 1.54) is 0 Å². The topological polar surface area (TPSA) is 58.6 Å². The van der Waals surface area contributed by atoms with Crippen molar-refractivity contribution >= 4 is 23.4 Å². The molecule has 28 heavy (non-hydrogen) atoms. The van der Waals surface area contributed by atoms with Crippen molar-refractivity contribution in [1.29, 1.82) is 0 Å². The quantitative estimate of drug-likeness (QED) is 0.721. The average molecular weight is 403 g/mol. The molecule has 0 fully saturated rings. The molecule has 150 valence electrons. The van der Waals surface area contributed by atoms with Gasteiger partial charge >= 0.3 is 0 Å². The van der Waals surface area contributed by atoms with E-state index in [0.717, 1.165) is 17.7 Å². The van der Waals surface area contributed by atoms with Gasteiger partial charge in [-0.1, -0.05) is 44.0 Å². The van der Waals surface area contributed by atoms with Crippen LogP contribution in [0.15, 0.2) is 48.5 Å². The summed E-state index contributed by atoms with van der Waals surface area (Å²) in [7, 11) is 3.36. The summed E-state index contributed by atoms with van der Waals surface area (Å²) in [6.45, 7) is 4.42. The van der Waals surface area contributed by atoms with Crippen LogP contribution in [0, 0.1) is 5.92 Å². The Bertz CT molecular complexity index is 790. The lowest BCUT2D eigenvalue weighted by Crippen LogP contribution is -2.50. The predicted octanol–water partition coefficient (Wildman–Crippen LogP) is 4.15. The molecule has 2 aromatic carbocycles. The first kappa shape index (κ1) is 21.8. The summed E-state index contributed by atoms with van der Waals surface area (Å²) in [4.78, 5) is 27.3. The summed E-state index contributed by atoms with van der Waals surface area (Å²) in [6.07, 6.45) is 0.772. The second-order valence-electron chi connectivity index (χ2n) is 6.89. The molecule has 0 unspecified atom stereocenters. The summed E-state index contributed by atoms with van der Waals surface area (Å²) in [5.74, 6) is 0.369. The lowest BCUT2D eigenvalue weighted by Gasteiger charge is -2.28. The van der Waals surface area contributed by atoms with Gasteiger partial charge in [-0.3, -0.25) is 9.59 Å². The second kappa shape index (κ2) is 10.1. The first-order valence-electron chi connectivity index (χ1n) is 9.30. The van der Waals surface area contributed by atoms with Crippen LogP contribution in [-0.2, 0) is 11.3 Å². The average Bonchev–Trinajstić information content (AvgIpc) is 2.71. The van der Waals surface area contributed by atoms with Gasteiger partial charge in [-0.2, -0.15) is 0 Å². The molecule has 2 rings (SSSR count). The summed E-state index contributed by atoms with van der Waals surface area (Å²) >= 11 is 5.88. The molecule has 0 radical (unpaired) electrons. The molecule has 0 aliphatic heterocycles. The van der Waals surface area contributed by atoms with Gasteiger partial charge in [0.05, 0.1) is 7.11 Å². The Hall–Kier alpha value is -2.53. The molecule has 0 aliphatic rings. The van der Waals surface area contributed by atoms with Crippen LogP contribution in [0.2, 0.25) is 5.02 Å². The van der Waals surface area contributed by atoms with Crippen molar-refractivity contribution in [2.24, 2.45) is 5.92 Å². The predicted molar refractivity (Wildman–Crippen MR) is 112 cm³/mol. The van der Waals surface area contributed by atoms with Crippen LogP contribution in [0.25, 0.3) is 0 Å². The molecule has 2 atom stereocenters. The third-order valence-corrected chi connectivity index (χ3v) is 5.08. The Morgan fingerprint density at radius 2 is 1.71 bits per heavy atom. The van der Waals surface area contributed by atoms with Crippen LogP contribution in [0.4, 0.5) is 0 Å². The van der Waals surface area contributed by atoms with E-state index in [1.54, 1.807) is 43.3 Å². The number of benzene rings is 2. The molecule has 0 heterocycles. The Balaban J connectivity index is 2.10. The Morgan fingerprint density at radius 3 is 2.25 bits per heavy atom. The third-order valence-electron chi connectivity index (χ3n) is 4.83. The molecule has 0 bridgehead atoms. The van der Waals surface area contributed by atoms with E-state index in [0.29, 0.717) is 17.1 Å². The molecule has 2 aromatic rings. The minimum Gasteiger partial charge on any atom is -0.497 e. The van der Waals surface area contributed by atoms with Gasteiger partial charge in [0.25, 0.3) is 5.91 Å². The Morgan fingerprint density at radius 1 is 1.11 bits per heavy atom. The van der Waals surface area contributed by atoms with Crippen LogP contribution < -0.4 is 10.1 Å². The monoisotopic (exact) mass is 402 g/mol. The molecule has 1 N–H and O–H groups in total. The maximum absolute atomic E-state index is 13.1. The van der Waals surface area contributed by atoms with Crippen molar-refractivity contribution in [2.45, 2.75) is 32.9 Å². The van der Waals surface area contributed by atoms with E-state index < -0.39 is 6.04 Å². The molecule has 0 aliphatic carbocycles.